The molecule has 0 aromatic carbocycles. The lowest BCUT2D eigenvalue weighted by atomic mass is 9.93. The molecule has 0 heterocycles. The van der Waals surface area contributed by atoms with Gasteiger partial charge in [-0.05, 0) is 67.2 Å². The molecule has 1 N–H and O–H groups in total. The van der Waals surface area contributed by atoms with Crippen molar-refractivity contribution in [1.82, 2.24) is 0 Å². The Bertz CT molecular complexity index is 1520. The zero-order chi connectivity index (χ0) is 43.3. The van der Waals surface area contributed by atoms with Crippen LogP contribution < -0.4 is 0 Å². The Morgan fingerprint density at radius 2 is 0.661 bits per heavy atom. The number of carbonyl (C=O) groups excluding carboxylic acids is 6. The molecule has 312 valence electrons. The molecule has 6 atom stereocenters. The molecule has 14 heteroatoms. The molecule has 0 aromatic rings. The Kier molecular flexibility index (Phi) is 23.3. The number of esters is 6. The second kappa shape index (κ2) is 25.7. The molecule has 0 aliphatic rings. The van der Waals surface area contributed by atoms with E-state index in [1.807, 2.05) is 0 Å². The lowest BCUT2D eigenvalue weighted by molar-refractivity contribution is -0.183. The van der Waals surface area contributed by atoms with Gasteiger partial charge in [-0.2, -0.15) is 0 Å². The quantitative estimate of drug-likeness (QED) is 0.0371. The summed E-state index contributed by atoms with van der Waals surface area (Å²) in [6, 6.07) is 0. The fourth-order valence-electron chi connectivity index (χ4n) is 4.88. The van der Waals surface area contributed by atoms with Gasteiger partial charge in [0.05, 0.1) is 0 Å². The Balaban J connectivity index is 7.40. The van der Waals surface area contributed by atoms with E-state index in [0.29, 0.717) is 32.1 Å². The smallest absolute Gasteiger partial charge is 0.333 e. The van der Waals surface area contributed by atoms with Crippen molar-refractivity contribution in [3.05, 3.63) is 72.9 Å². The van der Waals surface area contributed by atoms with Gasteiger partial charge in [-0.1, -0.05) is 65.7 Å². The molecule has 0 fully saturated rings. The van der Waals surface area contributed by atoms with Gasteiger partial charge in [-0.15, -0.1) is 0 Å². The third-order valence-corrected chi connectivity index (χ3v) is 8.10. The van der Waals surface area contributed by atoms with E-state index < -0.39 is 91.3 Å². The van der Waals surface area contributed by atoms with Crippen LogP contribution in [0.4, 0.5) is 0 Å². The summed E-state index contributed by atoms with van der Waals surface area (Å²) in [5.74, 6) is -6.06. The Morgan fingerprint density at radius 1 is 0.411 bits per heavy atom. The molecule has 0 amide bonds. The maximum Gasteiger partial charge on any atom is 0.333 e. The Hall–Kier alpha value is -5.27. The van der Waals surface area contributed by atoms with Crippen molar-refractivity contribution in [2.24, 2.45) is 0 Å². The van der Waals surface area contributed by atoms with Crippen molar-refractivity contribution in [3.8, 4) is 0 Å². The third-order valence-electron chi connectivity index (χ3n) is 8.10. The van der Waals surface area contributed by atoms with Gasteiger partial charge in [-0.25, -0.2) is 28.8 Å². The summed E-state index contributed by atoms with van der Waals surface area (Å²) >= 11 is 0. The minimum atomic E-state index is -1.51. The number of carboxylic acids is 1. The van der Waals surface area contributed by atoms with Crippen LogP contribution in [0.1, 0.15) is 113 Å². The monoisotopic (exact) mass is 788 g/mol. The van der Waals surface area contributed by atoms with Crippen LogP contribution in [0.5, 0.6) is 0 Å². The van der Waals surface area contributed by atoms with Crippen molar-refractivity contribution >= 4 is 41.8 Å². The molecule has 0 saturated heterocycles. The predicted molar refractivity (Wildman–Crippen MR) is 208 cm³/mol. The first-order chi connectivity index (χ1) is 26.0. The number of hydrogen-bond acceptors (Lipinski definition) is 13. The first-order valence-corrected chi connectivity index (χ1v) is 18.4. The fourth-order valence-corrected chi connectivity index (χ4v) is 4.88. The zero-order valence-corrected chi connectivity index (χ0v) is 34.0. The topological polar surface area (TPSA) is 195 Å². The van der Waals surface area contributed by atoms with Gasteiger partial charge in [0.2, 0.25) is 0 Å². The molecule has 0 aliphatic heterocycles. The maximum atomic E-state index is 13.2. The van der Waals surface area contributed by atoms with Crippen LogP contribution >= 0.6 is 0 Å². The number of unbranched alkanes of at least 4 members (excludes halogenated alkanes) is 4. The molecule has 0 aliphatic carbocycles. The van der Waals surface area contributed by atoms with Crippen molar-refractivity contribution < 1.29 is 67.1 Å². The zero-order valence-electron chi connectivity index (χ0n) is 34.0. The highest BCUT2D eigenvalue weighted by molar-refractivity contribution is 5.89. The van der Waals surface area contributed by atoms with Crippen LogP contribution in [-0.2, 0) is 62.0 Å². The largest absolute Gasteiger partial charge is 0.481 e. The molecule has 56 heavy (non-hydrogen) atoms. The second-order valence-electron chi connectivity index (χ2n) is 13.9. The van der Waals surface area contributed by atoms with Gasteiger partial charge in [0, 0.05) is 52.7 Å². The Morgan fingerprint density at radius 3 is 0.964 bits per heavy atom. The molecular weight excluding hydrogens is 728 g/mol. The van der Waals surface area contributed by atoms with Crippen LogP contribution in [0.3, 0.4) is 0 Å². The van der Waals surface area contributed by atoms with Gasteiger partial charge >= 0.3 is 41.8 Å². The van der Waals surface area contributed by atoms with Gasteiger partial charge in [0.1, 0.15) is 36.6 Å². The summed E-state index contributed by atoms with van der Waals surface area (Å²) < 4.78 is 34.7. The molecule has 0 aromatic heterocycles. The average molecular weight is 789 g/mol. The average Bonchev–Trinajstić information content (AvgIpc) is 3.10. The standard InChI is InChI=1S/C42H60O14/c1-14-30(51-37(45)24(2)3)32(53-39(47)26(6)7)22-34(55-41(49)28(10)11)35(56-42(50)29(12)13)23-33(54-40(48)27(8)9)31(52-38(46)25(4)5)20-18-16-15-17-19-21-36(43)44/h30-35H,2,4,6,8,10,12,14-23H2,1,3,5,7,9,11,13H3,(H,43,44). The Labute approximate surface area is 330 Å². The van der Waals surface area contributed by atoms with E-state index in [1.165, 1.54) is 41.5 Å². The van der Waals surface area contributed by atoms with Crippen LogP contribution in [0.25, 0.3) is 0 Å². The first-order valence-electron chi connectivity index (χ1n) is 18.4. The van der Waals surface area contributed by atoms with Gasteiger partial charge in [0.15, 0.2) is 0 Å². The van der Waals surface area contributed by atoms with Crippen LogP contribution in [0.15, 0.2) is 72.9 Å². The van der Waals surface area contributed by atoms with E-state index >= 15 is 0 Å². The lowest BCUT2D eigenvalue weighted by Crippen LogP contribution is -2.47. The van der Waals surface area contributed by atoms with Gasteiger partial charge in [0.25, 0.3) is 0 Å². The molecule has 0 spiro atoms. The highest BCUT2D eigenvalue weighted by Gasteiger charge is 2.41. The van der Waals surface area contributed by atoms with Crippen molar-refractivity contribution in [3.63, 3.8) is 0 Å². The van der Waals surface area contributed by atoms with E-state index in [0.717, 1.165) is 0 Å². The van der Waals surface area contributed by atoms with Crippen LogP contribution in [0.2, 0.25) is 0 Å². The summed E-state index contributed by atoms with van der Waals surface area (Å²) in [5, 5.41) is 8.94. The minimum absolute atomic E-state index is 0.00367. The highest BCUT2D eigenvalue weighted by atomic mass is 16.6. The van der Waals surface area contributed by atoms with E-state index in [2.05, 4.69) is 39.5 Å². The summed E-state index contributed by atoms with van der Waals surface area (Å²) in [4.78, 5) is 89.0. The molecule has 6 unspecified atom stereocenters. The van der Waals surface area contributed by atoms with Crippen LogP contribution in [-0.4, -0.2) is 83.5 Å². The molecule has 0 rings (SSSR count). The fraction of sp³-hybridized carbons (Fsp3) is 0.548. The van der Waals surface area contributed by atoms with Crippen molar-refractivity contribution in [2.75, 3.05) is 0 Å². The maximum absolute atomic E-state index is 13.2. The normalized spacial score (nSPS) is 13.8. The van der Waals surface area contributed by atoms with Gasteiger partial charge in [-0.3, -0.25) is 4.79 Å². The summed E-state index contributed by atoms with van der Waals surface area (Å²) in [7, 11) is 0. The molecular formula is C42H60O14. The first kappa shape index (κ1) is 50.7. The molecule has 0 saturated carbocycles. The van der Waals surface area contributed by atoms with Crippen molar-refractivity contribution in [2.45, 2.75) is 149 Å². The second-order valence-corrected chi connectivity index (χ2v) is 13.9. The summed E-state index contributed by atoms with van der Waals surface area (Å²) in [6.07, 6.45) is -5.73. The van der Waals surface area contributed by atoms with Crippen LogP contribution in [0, 0.1) is 0 Å². The van der Waals surface area contributed by atoms with E-state index in [4.69, 9.17) is 33.5 Å². The summed E-state index contributed by atoms with van der Waals surface area (Å²) in [6.45, 7) is 31.9. The number of hydrogen-bond donors (Lipinski definition) is 1. The number of ether oxygens (including phenoxy) is 6. The summed E-state index contributed by atoms with van der Waals surface area (Å²) in [5.41, 5.74) is 0.0199. The predicted octanol–water partition coefficient (Wildman–Crippen LogP) is 6.92. The SMILES string of the molecule is C=C(C)C(=O)OC(CC)C(CC(OC(=O)C(=C)C)C(CC(OC(=O)C(=C)C)C(CCCCCCCC(=O)O)OC(=O)C(=C)C)OC(=O)C(=C)C)OC(=O)C(=C)C. The number of aliphatic carboxylic acids is 1. The number of carbonyl (C=O) groups is 7. The molecule has 0 bridgehead atoms. The van der Waals surface area contributed by atoms with E-state index in [9.17, 15) is 33.6 Å². The van der Waals surface area contributed by atoms with Gasteiger partial charge < -0.3 is 33.5 Å². The van der Waals surface area contributed by atoms with E-state index in [-0.39, 0.29) is 52.7 Å². The number of rotatable bonds is 28. The van der Waals surface area contributed by atoms with Crippen molar-refractivity contribution in [1.29, 1.82) is 0 Å². The van der Waals surface area contributed by atoms with E-state index in [1.54, 1.807) is 6.92 Å². The number of carboxylic acid groups (broad SMARTS) is 1. The third kappa shape index (κ3) is 19.9. The minimum Gasteiger partial charge on any atom is -0.481 e. The lowest BCUT2D eigenvalue weighted by Gasteiger charge is -2.35. The molecule has 14 nitrogen and oxygen atoms in total. The highest BCUT2D eigenvalue weighted by Crippen LogP contribution is 2.28. The molecule has 0 radical (unpaired) electrons.